The van der Waals surface area contributed by atoms with Gasteiger partial charge in [-0.2, -0.15) is 0 Å². The van der Waals surface area contributed by atoms with Crippen molar-refractivity contribution >= 4 is 5.97 Å². The van der Waals surface area contributed by atoms with E-state index < -0.39 is 5.97 Å². The topological polar surface area (TPSA) is 53.1 Å². The van der Waals surface area contributed by atoms with Gasteiger partial charge in [0.05, 0.1) is 0 Å². The van der Waals surface area contributed by atoms with Gasteiger partial charge in [0.25, 0.3) is 0 Å². The van der Waals surface area contributed by atoms with E-state index in [4.69, 9.17) is 0 Å². The summed E-state index contributed by atoms with van der Waals surface area (Å²) in [5, 5.41) is 10.2. The molecule has 0 aliphatic heterocycles. The van der Waals surface area contributed by atoms with E-state index >= 15 is 0 Å². The SMILES string of the molecule is CN(CC([O])=O)Cc1cccnc1. The van der Waals surface area contributed by atoms with Gasteiger partial charge in [0.1, 0.15) is 6.54 Å². The molecule has 0 atom stereocenters. The molecule has 0 saturated carbocycles. The third kappa shape index (κ3) is 3.66. The molecule has 0 amide bonds. The highest BCUT2D eigenvalue weighted by atomic mass is 16.4. The summed E-state index contributed by atoms with van der Waals surface area (Å²) in [5.74, 6) is -1.06. The van der Waals surface area contributed by atoms with Crippen LogP contribution in [-0.2, 0) is 16.4 Å². The Hall–Kier alpha value is -1.42. The van der Waals surface area contributed by atoms with Crippen LogP contribution < -0.4 is 0 Å². The molecule has 0 aromatic carbocycles. The van der Waals surface area contributed by atoms with Crippen LogP contribution >= 0.6 is 0 Å². The molecule has 0 unspecified atom stereocenters. The fourth-order valence-electron chi connectivity index (χ4n) is 1.08. The van der Waals surface area contributed by atoms with Crippen molar-refractivity contribution in [2.24, 2.45) is 0 Å². The molecule has 1 rings (SSSR count). The van der Waals surface area contributed by atoms with Crippen molar-refractivity contribution in [1.82, 2.24) is 9.88 Å². The number of nitrogens with zero attached hydrogens (tertiary/aromatic N) is 2. The average Bonchev–Trinajstić information content (AvgIpc) is 2.04. The number of hydrogen-bond donors (Lipinski definition) is 0. The second-order valence-corrected chi connectivity index (χ2v) is 2.91. The predicted octanol–water partition coefficient (Wildman–Crippen LogP) is 0.470. The van der Waals surface area contributed by atoms with Crippen LogP contribution in [-0.4, -0.2) is 29.4 Å². The summed E-state index contributed by atoms with van der Waals surface area (Å²) in [7, 11) is 1.72. The summed E-state index contributed by atoms with van der Waals surface area (Å²) in [6, 6.07) is 3.72. The normalized spacial score (nSPS) is 10.3. The minimum absolute atomic E-state index is 0.0606. The largest absolute Gasteiger partial charge is 0.369 e. The molecule has 0 N–H and O–H groups in total. The number of aromatic nitrogens is 1. The van der Waals surface area contributed by atoms with Crippen LogP contribution in [0.15, 0.2) is 24.5 Å². The number of likely N-dealkylation sites (N-methyl/N-ethyl adjacent to an activating group) is 1. The molecule has 1 aromatic heterocycles. The highest BCUT2D eigenvalue weighted by Gasteiger charge is 2.05. The molecule has 1 radical (unpaired) electrons. The van der Waals surface area contributed by atoms with E-state index in [0.717, 1.165) is 5.56 Å². The first kappa shape index (κ1) is 9.67. The smallest absolute Gasteiger partial charge is 0.292 e. The number of carbonyl (C=O) groups is 1. The van der Waals surface area contributed by atoms with Gasteiger partial charge in [-0.1, -0.05) is 6.07 Å². The number of hydrogen-bond acceptors (Lipinski definition) is 3. The van der Waals surface area contributed by atoms with Crippen molar-refractivity contribution < 1.29 is 9.90 Å². The number of rotatable bonds is 4. The van der Waals surface area contributed by atoms with E-state index in [9.17, 15) is 9.90 Å². The van der Waals surface area contributed by atoms with E-state index in [-0.39, 0.29) is 6.54 Å². The Labute approximate surface area is 76.8 Å². The molecule has 69 valence electrons. The van der Waals surface area contributed by atoms with Crippen LogP contribution in [0.4, 0.5) is 0 Å². The highest BCUT2D eigenvalue weighted by molar-refractivity contribution is 5.68. The number of carbonyl (C=O) groups excluding carboxylic acids is 1. The van der Waals surface area contributed by atoms with Crippen molar-refractivity contribution in [3.8, 4) is 0 Å². The molecule has 0 saturated heterocycles. The maximum atomic E-state index is 10.2. The zero-order valence-electron chi connectivity index (χ0n) is 7.43. The summed E-state index contributed by atoms with van der Waals surface area (Å²) < 4.78 is 0. The zero-order valence-corrected chi connectivity index (χ0v) is 7.43. The lowest BCUT2D eigenvalue weighted by Crippen LogP contribution is -2.24. The van der Waals surface area contributed by atoms with Gasteiger partial charge in [0, 0.05) is 18.9 Å². The minimum atomic E-state index is -1.06. The van der Waals surface area contributed by atoms with Gasteiger partial charge in [-0.25, -0.2) is 9.90 Å². The molecule has 1 aromatic rings. The van der Waals surface area contributed by atoms with Gasteiger partial charge in [0.2, 0.25) is 0 Å². The molecule has 1 heterocycles. The first-order valence-electron chi connectivity index (χ1n) is 3.96. The molecule has 0 aliphatic carbocycles. The molecular weight excluding hydrogens is 168 g/mol. The van der Waals surface area contributed by atoms with Crippen molar-refractivity contribution in [3.63, 3.8) is 0 Å². The molecular formula is C9H11N2O2. The Balaban J connectivity index is 2.45. The Kier molecular flexibility index (Phi) is 3.40. The van der Waals surface area contributed by atoms with Crippen LogP contribution in [0.25, 0.3) is 0 Å². The van der Waals surface area contributed by atoms with Crippen LogP contribution in [0.1, 0.15) is 5.56 Å². The standard InChI is InChI=1S/C9H11N2O2/c1-11(7-9(12)13)6-8-3-2-4-10-5-8/h2-5H,6-7H2,1H3. The van der Waals surface area contributed by atoms with Crippen molar-refractivity contribution in [2.45, 2.75) is 6.54 Å². The maximum Gasteiger partial charge on any atom is 0.369 e. The summed E-state index contributed by atoms with van der Waals surface area (Å²) in [6.07, 6.45) is 3.40. The van der Waals surface area contributed by atoms with E-state index in [1.54, 1.807) is 24.3 Å². The minimum Gasteiger partial charge on any atom is -0.292 e. The van der Waals surface area contributed by atoms with Crippen molar-refractivity contribution in [3.05, 3.63) is 30.1 Å². The maximum absolute atomic E-state index is 10.2. The highest BCUT2D eigenvalue weighted by Crippen LogP contribution is 1.99. The fourth-order valence-corrected chi connectivity index (χ4v) is 1.08. The summed E-state index contributed by atoms with van der Waals surface area (Å²) >= 11 is 0. The van der Waals surface area contributed by atoms with E-state index in [0.29, 0.717) is 6.54 Å². The van der Waals surface area contributed by atoms with E-state index in [1.807, 2.05) is 12.1 Å². The first-order valence-corrected chi connectivity index (χ1v) is 3.96. The average molecular weight is 179 g/mol. The predicted molar refractivity (Wildman–Crippen MR) is 46.3 cm³/mol. The van der Waals surface area contributed by atoms with Gasteiger partial charge < -0.3 is 0 Å². The third-order valence-corrected chi connectivity index (χ3v) is 1.57. The van der Waals surface area contributed by atoms with Gasteiger partial charge in [-0.15, -0.1) is 0 Å². The summed E-state index contributed by atoms with van der Waals surface area (Å²) in [4.78, 5) is 15.8. The molecule has 4 nitrogen and oxygen atoms in total. The van der Waals surface area contributed by atoms with Crippen LogP contribution in [0.5, 0.6) is 0 Å². The molecule has 0 aliphatic rings. The monoisotopic (exact) mass is 179 g/mol. The lowest BCUT2D eigenvalue weighted by molar-refractivity contribution is -0.144. The van der Waals surface area contributed by atoms with Gasteiger partial charge in [-0.3, -0.25) is 9.88 Å². The Morgan fingerprint density at radius 3 is 2.92 bits per heavy atom. The fraction of sp³-hybridized carbons (Fsp3) is 0.333. The van der Waals surface area contributed by atoms with Crippen molar-refractivity contribution in [2.75, 3.05) is 13.6 Å². The van der Waals surface area contributed by atoms with Crippen LogP contribution in [0, 0.1) is 0 Å². The third-order valence-electron chi connectivity index (χ3n) is 1.57. The summed E-state index contributed by atoms with van der Waals surface area (Å²) in [5.41, 5.74) is 0.992. The molecule has 13 heavy (non-hydrogen) atoms. The Bertz CT molecular complexity index is 274. The molecule has 4 heteroatoms. The van der Waals surface area contributed by atoms with Crippen LogP contribution in [0.3, 0.4) is 0 Å². The van der Waals surface area contributed by atoms with Gasteiger partial charge >= 0.3 is 5.97 Å². The van der Waals surface area contributed by atoms with E-state index in [2.05, 4.69) is 4.98 Å². The summed E-state index contributed by atoms with van der Waals surface area (Å²) in [6.45, 7) is 0.511. The first-order chi connectivity index (χ1) is 6.18. The Morgan fingerprint density at radius 2 is 2.38 bits per heavy atom. The van der Waals surface area contributed by atoms with Gasteiger partial charge in [0.15, 0.2) is 0 Å². The second-order valence-electron chi connectivity index (χ2n) is 2.91. The lowest BCUT2D eigenvalue weighted by atomic mass is 10.3. The molecule has 0 fully saturated rings. The van der Waals surface area contributed by atoms with Crippen LogP contribution in [0.2, 0.25) is 0 Å². The molecule has 0 bridgehead atoms. The Morgan fingerprint density at radius 1 is 1.62 bits per heavy atom. The number of pyridine rings is 1. The van der Waals surface area contributed by atoms with E-state index in [1.165, 1.54) is 0 Å². The lowest BCUT2D eigenvalue weighted by Gasteiger charge is -2.12. The van der Waals surface area contributed by atoms with Gasteiger partial charge in [-0.05, 0) is 18.7 Å². The molecule has 0 spiro atoms. The zero-order chi connectivity index (χ0) is 9.68. The second kappa shape index (κ2) is 4.57. The van der Waals surface area contributed by atoms with Crippen molar-refractivity contribution in [1.29, 1.82) is 0 Å². The quantitative estimate of drug-likeness (QED) is 0.675.